The van der Waals surface area contributed by atoms with Crippen LogP contribution in [0.1, 0.15) is 13.3 Å². The number of fused-ring (bicyclic) bond motifs is 1. The highest BCUT2D eigenvalue weighted by molar-refractivity contribution is 6.30. The molecule has 1 unspecified atom stereocenters. The van der Waals surface area contributed by atoms with E-state index in [9.17, 15) is 0 Å². The first-order chi connectivity index (χ1) is 6.29. The van der Waals surface area contributed by atoms with Crippen LogP contribution in [0.2, 0.25) is 5.02 Å². The molecule has 70 valence electrons. The zero-order valence-corrected chi connectivity index (χ0v) is 8.17. The number of halogens is 1. The topological polar surface area (TPSA) is 18.5 Å². The van der Waals surface area contributed by atoms with E-state index in [1.807, 2.05) is 12.1 Å². The van der Waals surface area contributed by atoms with Gasteiger partial charge in [-0.2, -0.15) is 0 Å². The lowest BCUT2D eigenvalue weighted by molar-refractivity contribution is 0.0885. The fraction of sp³-hybridized carbons (Fsp3) is 0.400. The molecule has 1 aliphatic rings. The molecule has 13 heavy (non-hydrogen) atoms. The highest BCUT2D eigenvalue weighted by Gasteiger charge is 2.19. The molecular formula is C10H11ClO2. The summed E-state index contributed by atoms with van der Waals surface area (Å²) in [4.78, 5) is 0. The molecule has 3 heteroatoms. The Labute approximate surface area is 82.4 Å². The maximum Gasteiger partial charge on any atom is 0.162 e. The van der Waals surface area contributed by atoms with E-state index in [0.29, 0.717) is 11.6 Å². The summed E-state index contributed by atoms with van der Waals surface area (Å²) in [7, 11) is 0. The Hall–Kier alpha value is -0.890. The molecule has 2 nitrogen and oxygen atoms in total. The fourth-order valence-electron chi connectivity index (χ4n) is 1.29. The van der Waals surface area contributed by atoms with Crippen LogP contribution in [0.25, 0.3) is 0 Å². The molecule has 0 N–H and O–H groups in total. The lowest BCUT2D eigenvalue weighted by atomic mass is 10.2. The average molecular weight is 199 g/mol. The smallest absolute Gasteiger partial charge is 0.162 e. The van der Waals surface area contributed by atoms with Crippen LogP contribution >= 0.6 is 11.6 Å². The molecule has 0 aliphatic carbocycles. The average Bonchev–Trinajstić information content (AvgIpc) is 2.17. The molecule has 0 saturated carbocycles. The Balaban J connectivity index is 2.26. The van der Waals surface area contributed by atoms with Gasteiger partial charge in [-0.05, 0) is 18.6 Å². The van der Waals surface area contributed by atoms with Crippen molar-refractivity contribution in [3.05, 3.63) is 23.2 Å². The number of hydrogen-bond acceptors (Lipinski definition) is 2. The third kappa shape index (κ3) is 1.73. The van der Waals surface area contributed by atoms with Gasteiger partial charge in [-0.25, -0.2) is 0 Å². The summed E-state index contributed by atoms with van der Waals surface area (Å²) in [6, 6.07) is 5.43. The van der Waals surface area contributed by atoms with E-state index in [4.69, 9.17) is 21.1 Å². The maximum atomic E-state index is 5.81. The molecule has 0 saturated heterocycles. The fourth-order valence-corrected chi connectivity index (χ4v) is 1.45. The second-order valence-electron chi connectivity index (χ2n) is 3.05. The van der Waals surface area contributed by atoms with Gasteiger partial charge in [0.2, 0.25) is 0 Å². The first kappa shape index (κ1) is 8.70. The van der Waals surface area contributed by atoms with Crippen LogP contribution in [0.3, 0.4) is 0 Å². The summed E-state index contributed by atoms with van der Waals surface area (Å²) in [5.74, 6) is 1.54. The molecule has 1 aromatic rings. The Bertz CT molecular complexity index is 312. The Morgan fingerprint density at radius 1 is 1.46 bits per heavy atom. The number of ether oxygens (including phenoxy) is 2. The van der Waals surface area contributed by atoms with Gasteiger partial charge in [-0.1, -0.05) is 18.5 Å². The van der Waals surface area contributed by atoms with Crippen molar-refractivity contribution in [3.63, 3.8) is 0 Å². The normalized spacial score (nSPS) is 20.0. The predicted octanol–water partition coefficient (Wildman–Crippen LogP) is 2.89. The molecule has 0 bridgehead atoms. The van der Waals surface area contributed by atoms with E-state index in [0.717, 1.165) is 17.9 Å². The van der Waals surface area contributed by atoms with Gasteiger partial charge in [0.15, 0.2) is 11.5 Å². The van der Waals surface area contributed by atoms with Gasteiger partial charge in [0.25, 0.3) is 0 Å². The Morgan fingerprint density at radius 3 is 3.08 bits per heavy atom. The van der Waals surface area contributed by atoms with Crippen LogP contribution in [0.5, 0.6) is 11.5 Å². The zero-order chi connectivity index (χ0) is 9.26. The van der Waals surface area contributed by atoms with Crippen molar-refractivity contribution in [1.82, 2.24) is 0 Å². The SMILES string of the molecule is CCC1COc2cc(Cl)ccc2O1. The van der Waals surface area contributed by atoms with Gasteiger partial charge in [0.05, 0.1) is 0 Å². The zero-order valence-electron chi connectivity index (χ0n) is 7.42. The Morgan fingerprint density at radius 2 is 2.31 bits per heavy atom. The van der Waals surface area contributed by atoms with Crippen LogP contribution in [0.15, 0.2) is 18.2 Å². The van der Waals surface area contributed by atoms with Crippen molar-refractivity contribution >= 4 is 11.6 Å². The van der Waals surface area contributed by atoms with Crippen LogP contribution in [0.4, 0.5) is 0 Å². The van der Waals surface area contributed by atoms with Crippen LogP contribution < -0.4 is 9.47 Å². The van der Waals surface area contributed by atoms with E-state index in [-0.39, 0.29) is 6.10 Å². The number of benzene rings is 1. The first-order valence-electron chi connectivity index (χ1n) is 4.38. The van der Waals surface area contributed by atoms with Crippen molar-refractivity contribution in [3.8, 4) is 11.5 Å². The van der Waals surface area contributed by atoms with E-state index in [1.165, 1.54) is 0 Å². The summed E-state index contributed by atoms with van der Waals surface area (Å²) in [6.07, 6.45) is 1.14. The predicted molar refractivity (Wildman–Crippen MR) is 51.7 cm³/mol. The monoisotopic (exact) mass is 198 g/mol. The van der Waals surface area contributed by atoms with Crippen molar-refractivity contribution in [1.29, 1.82) is 0 Å². The summed E-state index contributed by atoms with van der Waals surface area (Å²) >= 11 is 5.81. The van der Waals surface area contributed by atoms with Crippen molar-refractivity contribution in [2.75, 3.05) is 6.61 Å². The van der Waals surface area contributed by atoms with E-state index < -0.39 is 0 Å². The number of hydrogen-bond donors (Lipinski definition) is 0. The van der Waals surface area contributed by atoms with Crippen molar-refractivity contribution in [2.24, 2.45) is 0 Å². The second kappa shape index (κ2) is 3.46. The largest absolute Gasteiger partial charge is 0.486 e. The lowest BCUT2D eigenvalue weighted by Gasteiger charge is -2.25. The summed E-state index contributed by atoms with van der Waals surface area (Å²) in [5.41, 5.74) is 0. The second-order valence-corrected chi connectivity index (χ2v) is 3.49. The van der Waals surface area contributed by atoms with Gasteiger partial charge in [0, 0.05) is 11.1 Å². The van der Waals surface area contributed by atoms with E-state index in [1.54, 1.807) is 6.07 Å². The quantitative estimate of drug-likeness (QED) is 0.691. The molecule has 2 rings (SSSR count). The minimum Gasteiger partial charge on any atom is -0.486 e. The van der Waals surface area contributed by atoms with Gasteiger partial charge >= 0.3 is 0 Å². The number of rotatable bonds is 1. The van der Waals surface area contributed by atoms with Gasteiger partial charge < -0.3 is 9.47 Å². The molecular weight excluding hydrogens is 188 g/mol. The summed E-state index contributed by atoms with van der Waals surface area (Å²) in [5, 5.41) is 0.678. The van der Waals surface area contributed by atoms with Crippen LogP contribution in [-0.2, 0) is 0 Å². The summed E-state index contributed by atoms with van der Waals surface area (Å²) < 4.78 is 11.2. The molecule has 1 heterocycles. The van der Waals surface area contributed by atoms with E-state index in [2.05, 4.69) is 6.92 Å². The molecule has 1 aliphatic heterocycles. The minimum absolute atomic E-state index is 0.175. The van der Waals surface area contributed by atoms with Gasteiger partial charge in [-0.3, -0.25) is 0 Å². The standard InChI is InChI=1S/C10H11ClO2/c1-2-8-6-12-10-5-7(11)3-4-9(10)13-8/h3-5,8H,2,6H2,1H3. The molecule has 0 spiro atoms. The molecule has 1 atom stereocenters. The molecule has 0 aromatic heterocycles. The third-order valence-electron chi connectivity index (χ3n) is 2.08. The summed E-state index contributed by atoms with van der Waals surface area (Å²) in [6.45, 7) is 2.69. The highest BCUT2D eigenvalue weighted by atomic mass is 35.5. The van der Waals surface area contributed by atoms with Crippen LogP contribution in [-0.4, -0.2) is 12.7 Å². The minimum atomic E-state index is 0.175. The maximum absolute atomic E-state index is 5.81. The van der Waals surface area contributed by atoms with Gasteiger partial charge in [0.1, 0.15) is 12.7 Å². The van der Waals surface area contributed by atoms with Crippen molar-refractivity contribution < 1.29 is 9.47 Å². The van der Waals surface area contributed by atoms with Gasteiger partial charge in [-0.15, -0.1) is 0 Å². The molecule has 0 amide bonds. The first-order valence-corrected chi connectivity index (χ1v) is 4.76. The third-order valence-corrected chi connectivity index (χ3v) is 2.31. The highest BCUT2D eigenvalue weighted by Crippen LogP contribution is 2.34. The Kier molecular flexibility index (Phi) is 2.32. The molecule has 1 aromatic carbocycles. The van der Waals surface area contributed by atoms with E-state index >= 15 is 0 Å². The van der Waals surface area contributed by atoms with Crippen molar-refractivity contribution in [2.45, 2.75) is 19.4 Å². The molecule has 0 fully saturated rings. The van der Waals surface area contributed by atoms with Crippen LogP contribution in [0, 0.1) is 0 Å². The molecule has 0 radical (unpaired) electrons. The lowest BCUT2D eigenvalue weighted by Crippen LogP contribution is -2.28.